The largest absolute Gasteiger partial charge is 0.396 e. The first-order valence-electron chi connectivity index (χ1n) is 6.98. The van der Waals surface area contributed by atoms with Crippen LogP contribution >= 0.6 is 0 Å². The molecule has 3 heteroatoms. The zero-order valence-corrected chi connectivity index (χ0v) is 11.7. The summed E-state index contributed by atoms with van der Waals surface area (Å²) in [6, 6.07) is 0.529. The maximum atomic E-state index is 10.1. The Morgan fingerprint density at radius 1 is 1.29 bits per heavy atom. The predicted octanol–water partition coefficient (Wildman–Crippen LogP) is 2.02. The molecule has 2 N–H and O–H groups in total. The highest BCUT2D eigenvalue weighted by Crippen LogP contribution is 2.24. The van der Waals surface area contributed by atoms with Gasteiger partial charge in [0.15, 0.2) is 0 Å². The zero-order valence-electron chi connectivity index (χ0n) is 11.7. The van der Waals surface area contributed by atoms with Crippen molar-refractivity contribution in [2.45, 2.75) is 65.0 Å². The van der Waals surface area contributed by atoms with E-state index in [1.807, 2.05) is 0 Å². The van der Waals surface area contributed by atoms with Crippen LogP contribution in [0.1, 0.15) is 52.9 Å². The minimum absolute atomic E-state index is 0.0255. The summed E-state index contributed by atoms with van der Waals surface area (Å²) in [6.45, 7) is 8.62. The molecule has 17 heavy (non-hydrogen) atoms. The van der Waals surface area contributed by atoms with Gasteiger partial charge < -0.3 is 15.1 Å². The molecule has 0 aromatic heterocycles. The highest BCUT2D eigenvalue weighted by molar-refractivity contribution is 4.80. The summed E-state index contributed by atoms with van der Waals surface area (Å²) in [7, 11) is 0. The molecular formula is C14H29NO2. The Kier molecular flexibility index (Phi) is 5.90. The van der Waals surface area contributed by atoms with Gasteiger partial charge in [-0.2, -0.15) is 0 Å². The van der Waals surface area contributed by atoms with E-state index >= 15 is 0 Å². The molecule has 2 atom stereocenters. The maximum absolute atomic E-state index is 10.1. The van der Waals surface area contributed by atoms with Crippen molar-refractivity contribution in [3.05, 3.63) is 0 Å². The molecule has 1 heterocycles. The van der Waals surface area contributed by atoms with Crippen LogP contribution in [-0.4, -0.2) is 47.0 Å². The third-order valence-corrected chi connectivity index (χ3v) is 3.90. The monoisotopic (exact) mass is 243 g/mol. The maximum Gasteiger partial charge on any atom is 0.0600 e. The average molecular weight is 243 g/mol. The second kappa shape index (κ2) is 6.72. The topological polar surface area (TPSA) is 43.7 Å². The van der Waals surface area contributed by atoms with Gasteiger partial charge in [0, 0.05) is 19.2 Å². The zero-order chi connectivity index (χ0) is 12.9. The summed E-state index contributed by atoms with van der Waals surface area (Å²) >= 11 is 0. The lowest BCUT2D eigenvalue weighted by Gasteiger charge is -2.37. The Morgan fingerprint density at radius 2 is 2.00 bits per heavy atom. The fourth-order valence-electron chi connectivity index (χ4n) is 2.55. The lowest BCUT2D eigenvalue weighted by atomic mass is 9.87. The predicted molar refractivity (Wildman–Crippen MR) is 71.0 cm³/mol. The number of nitrogens with zero attached hydrogens (tertiary/aromatic N) is 1. The first-order chi connectivity index (χ1) is 7.95. The normalized spacial score (nSPS) is 24.9. The standard InChI is InChI=1S/C14H29NO2/c1-14(2,3)13(17)7-10-15-9-5-4-6-12(15)8-11-16/h12-13,16-17H,4-11H2,1-3H3. The van der Waals surface area contributed by atoms with Crippen molar-refractivity contribution in [2.24, 2.45) is 5.41 Å². The molecule has 0 bridgehead atoms. The minimum Gasteiger partial charge on any atom is -0.396 e. The van der Waals surface area contributed by atoms with E-state index in [0.717, 1.165) is 25.9 Å². The Hall–Kier alpha value is -0.120. The van der Waals surface area contributed by atoms with Crippen LogP contribution in [0.5, 0.6) is 0 Å². The average Bonchev–Trinajstić information content (AvgIpc) is 2.26. The van der Waals surface area contributed by atoms with Crippen molar-refractivity contribution in [2.75, 3.05) is 19.7 Å². The van der Waals surface area contributed by atoms with Gasteiger partial charge in [-0.25, -0.2) is 0 Å². The van der Waals surface area contributed by atoms with Crippen LogP contribution in [0.2, 0.25) is 0 Å². The van der Waals surface area contributed by atoms with Gasteiger partial charge in [0.25, 0.3) is 0 Å². The highest BCUT2D eigenvalue weighted by atomic mass is 16.3. The van der Waals surface area contributed by atoms with E-state index in [1.165, 1.54) is 19.3 Å². The van der Waals surface area contributed by atoms with Gasteiger partial charge >= 0.3 is 0 Å². The Balaban J connectivity index is 2.37. The van der Waals surface area contributed by atoms with Gasteiger partial charge in [-0.1, -0.05) is 27.2 Å². The van der Waals surface area contributed by atoms with E-state index < -0.39 is 0 Å². The minimum atomic E-state index is -0.237. The summed E-state index contributed by atoms with van der Waals surface area (Å²) in [4.78, 5) is 2.45. The Labute approximate surface area is 106 Å². The Morgan fingerprint density at radius 3 is 2.59 bits per heavy atom. The van der Waals surface area contributed by atoms with Gasteiger partial charge in [0.05, 0.1) is 6.10 Å². The van der Waals surface area contributed by atoms with E-state index in [2.05, 4.69) is 25.7 Å². The van der Waals surface area contributed by atoms with Crippen molar-refractivity contribution in [3.63, 3.8) is 0 Å². The van der Waals surface area contributed by atoms with Crippen LogP contribution in [0.4, 0.5) is 0 Å². The third-order valence-electron chi connectivity index (χ3n) is 3.90. The fraction of sp³-hybridized carbons (Fsp3) is 1.00. The summed E-state index contributed by atoms with van der Waals surface area (Å²) < 4.78 is 0. The van der Waals surface area contributed by atoms with Crippen molar-refractivity contribution < 1.29 is 10.2 Å². The van der Waals surface area contributed by atoms with E-state index in [0.29, 0.717) is 6.04 Å². The number of rotatable bonds is 5. The van der Waals surface area contributed by atoms with Gasteiger partial charge in [-0.15, -0.1) is 0 Å². The molecule has 0 aromatic rings. The van der Waals surface area contributed by atoms with Gasteiger partial charge in [0.2, 0.25) is 0 Å². The molecule has 1 aliphatic rings. The lowest BCUT2D eigenvalue weighted by Crippen LogP contribution is -2.42. The second-order valence-corrected chi connectivity index (χ2v) is 6.37. The highest BCUT2D eigenvalue weighted by Gasteiger charge is 2.26. The van der Waals surface area contributed by atoms with Gasteiger partial charge in [-0.3, -0.25) is 0 Å². The molecule has 0 aliphatic carbocycles. The molecule has 3 nitrogen and oxygen atoms in total. The quantitative estimate of drug-likeness (QED) is 0.776. The van der Waals surface area contributed by atoms with Crippen LogP contribution in [0, 0.1) is 5.41 Å². The first kappa shape index (κ1) is 14.9. The van der Waals surface area contributed by atoms with Crippen LogP contribution in [0.15, 0.2) is 0 Å². The van der Waals surface area contributed by atoms with Crippen molar-refractivity contribution >= 4 is 0 Å². The second-order valence-electron chi connectivity index (χ2n) is 6.37. The molecule has 0 radical (unpaired) electrons. The van der Waals surface area contributed by atoms with Crippen molar-refractivity contribution in [1.82, 2.24) is 4.90 Å². The van der Waals surface area contributed by atoms with E-state index in [-0.39, 0.29) is 18.1 Å². The molecule has 1 aliphatic heterocycles. The number of hydrogen-bond donors (Lipinski definition) is 2. The summed E-state index contributed by atoms with van der Waals surface area (Å²) in [6.07, 6.45) is 5.22. The fourth-order valence-corrected chi connectivity index (χ4v) is 2.55. The summed E-state index contributed by atoms with van der Waals surface area (Å²) in [5, 5.41) is 19.1. The molecule has 0 spiro atoms. The first-order valence-corrected chi connectivity index (χ1v) is 6.98. The molecule has 1 saturated heterocycles. The molecule has 2 unspecified atom stereocenters. The van der Waals surface area contributed by atoms with Crippen molar-refractivity contribution in [1.29, 1.82) is 0 Å². The molecule has 1 fully saturated rings. The Bertz CT molecular complexity index is 211. The van der Waals surface area contributed by atoms with Crippen LogP contribution in [-0.2, 0) is 0 Å². The molecular weight excluding hydrogens is 214 g/mol. The SMILES string of the molecule is CC(C)(C)C(O)CCN1CCCCC1CCO. The van der Waals surface area contributed by atoms with Crippen LogP contribution in [0.25, 0.3) is 0 Å². The summed E-state index contributed by atoms with van der Waals surface area (Å²) in [5.74, 6) is 0. The van der Waals surface area contributed by atoms with Gasteiger partial charge in [-0.05, 0) is 37.6 Å². The van der Waals surface area contributed by atoms with Crippen LogP contribution in [0.3, 0.4) is 0 Å². The van der Waals surface area contributed by atoms with E-state index in [9.17, 15) is 5.11 Å². The number of likely N-dealkylation sites (tertiary alicyclic amines) is 1. The summed E-state index contributed by atoms with van der Waals surface area (Å²) in [5.41, 5.74) is -0.0255. The molecule has 0 aromatic carbocycles. The molecule has 0 saturated carbocycles. The number of aliphatic hydroxyl groups excluding tert-OH is 2. The van der Waals surface area contributed by atoms with E-state index in [4.69, 9.17) is 5.11 Å². The number of aliphatic hydroxyl groups is 2. The molecule has 102 valence electrons. The molecule has 0 amide bonds. The van der Waals surface area contributed by atoms with E-state index in [1.54, 1.807) is 0 Å². The number of hydrogen-bond acceptors (Lipinski definition) is 3. The van der Waals surface area contributed by atoms with Gasteiger partial charge in [0.1, 0.15) is 0 Å². The number of piperidine rings is 1. The third kappa shape index (κ3) is 4.94. The van der Waals surface area contributed by atoms with Crippen LogP contribution < -0.4 is 0 Å². The van der Waals surface area contributed by atoms with Crippen molar-refractivity contribution in [3.8, 4) is 0 Å². The molecule has 1 rings (SSSR count). The smallest absolute Gasteiger partial charge is 0.0600 e. The lowest BCUT2D eigenvalue weighted by molar-refractivity contribution is 0.0328.